The normalized spacial score (nSPS) is 18.2. The summed E-state index contributed by atoms with van der Waals surface area (Å²) in [6.07, 6.45) is 1.47. The van der Waals surface area contributed by atoms with Crippen LogP contribution in [0.25, 0.3) is 0 Å². The van der Waals surface area contributed by atoms with E-state index in [0.29, 0.717) is 5.02 Å². The van der Waals surface area contributed by atoms with Crippen LogP contribution in [-0.2, 0) is 11.2 Å². The van der Waals surface area contributed by atoms with Crippen molar-refractivity contribution in [3.8, 4) is 0 Å². The van der Waals surface area contributed by atoms with Gasteiger partial charge in [0.05, 0.1) is 6.04 Å². The Hall–Kier alpha value is -0.940. The van der Waals surface area contributed by atoms with Gasteiger partial charge in [-0.15, -0.1) is 0 Å². The summed E-state index contributed by atoms with van der Waals surface area (Å²) in [7, 11) is 0. The highest BCUT2D eigenvalue weighted by molar-refractivity contribution is 9.10. The van der Waals surface area contributed by atoms with Crippen LogP contribution < -0.4 is 10.2 Å². The number of hydrogen-bond donors (Lipinski definition) is 1. The van der Waals surface area contributed by atoms with E-state index in [-0.39, 0.29) is 12.1 Å². The van der Waals surface area contributed by atoms with Gasteiger partial charge in [0.25, 0.3) is 0 Å². The maximum Gasteiger partial charge on any atom is 0.407 e. The number of amides is 1. The van der Waals surface area contributed by atoms with E-state index in [4.69, 9.17) is 16.3 Å². The van der Waals surface area contributed by atoms with Gasteiger partial charge in [-0.2, -0.15) is 0 Å². The molecule has 1 amide bonds. The van der Waals surface area contributed by atoms with Crippen molar-refractivity contribution in [1.29, 1.82) is 0 Å². The monoisotopic (exact) mass is 402 g/mol. The van der Waals surface area contributed by atoms with E-state index < -0.39 is 5.60 Å². The molecule has 1 fully saturated rings. The van der Waals surface area contributed by atoms with Gasteiger partial charge in [0.1, 0.15) is 5.60 Å². The fourth-order valence-electron chi connectivity index (χ4n) is 2.79. The van der Waals surface area contributed by atoms with Gasteiger partial charge in [0.15, 0.2) is 0 Å². The summed E-state index contributed by atoms with van der Waals surface area (Å²) in [5.74, 6) is 0. The lowest BCUT2D eigenvalue weighted by Crippen LogP contribution is -2.40. The molecule has 1 N–H and O–H groups in total. The maximum absolute atomic E-state index is 11.9. The molecular weight excluding hydrogens is 380 g/mol. The SMILES string of the molecule is CCc1c(Br)cc(Cl)cc1N1CCC(NC(=O)OC(C)(C)C)C1. The number of halogens is 2. The molecule has 128 valence electrons. The van der Waals surface area contributed by atoms with Crippen LogP contribution in [0, 0.1) is 0 Å². The number of rotatable bonds is 3. The molecule has 23 heavy (non-hydrogen) atoms. The van der Waals surface area contributed by atoms with Crippen LogP contribution in [0.4, 0.5) is 10.5 Å². The fraction of sp³-hybridized carbons (Fsp3) is 0.588. The minimum atomic E-state index is -0.477. The number of nitrogens with zero attached hydrogens (tertiary/aromatic N) is 1. The van der Waals surface area contributed by atoms with E-state index in [9.17, 15) is 4.79 Å². The molecule has 1 atom stereocenters. The Bertz CT molecular complexity index is 587. The second-order valence-electron chi connectivity index (χ2n) is 6.82. The summed E-state index contributed by atoms with van der Waals surface area (Å²) >= 11 is 9.80. The van der Waals surface area contributed by atoms with Crippen LogP contribution in [0.15, 0.2) is 16.6 Å². The van der Waals surface area contributed by atoms with E-state index in [1.807, 2.05) is 32.9 Å². The molecule has 1 heterocycles. The largest absolute Gasteiger partial charge is 0.444 e. The van der Waals surface area contributed by atoms with E-state index in [2.05, 4.69) is 33.1 Å². The van der Waals surface area contributed by atoms with Crippen molar-refractivity contribution in [1.82, 2.24) is 5.32 Å². The third-order valence-corrected chi connectivity index (χ3v) is 4.67. The summed E-state index contributed by atoms with van der Waals surface area (Å²) in [4.78, 5) is 14.2. The summed E-state index contributed by atoms with van der Waals surface area (Å²) < 4.78 is 6.36. The summed E-state index contributed by atoms with van der Waals surface area (Å²) in [5.41, 5.74) is 1.91. The van der Waals surface area contributed by atoms with Crippen LogP contribution in [0.1, 0.15) is 39.7 Å². The van der Waals surface area contributed by atoms with Crippen molar-refractivity contribution in [2.45, 2.75) is 52.2 Å². The molecule has 0 spiro atoms. The highest BCUT2D eigenvalue weighted by atomic mass is 79.9. The predicted molar refractivity (Wildman–Crippen MR) is 98.5 cm³/mol. The van der Waals surface area contributed by atoms with Crippen molar-refractivity contribution in [2.24, 2.45) is 0 Å². The zero-order chi connectivity index (χ0) is 17.2. The Kier molecular flexibility index (Phi) is 5.84. The minimum absolute atomic E-state index is 0.0901. The van der Waals surface area contributed by atoms with Crippen molar-refractivity contribution < 1.29 is 9.53 Å². The number of hydrogen-bond acceptors (Lipinski definition) is 3. The number of alkyl carbamates (subject to hydrolysis) is 1. The molecule has 0 aromatic heterocycles. The maximum atomic E-state index is 11.9. The Labute approximate surface area is 151 Å². The Morgan fingerprint density at radius 2 is 2.17 bits per heavy atom. The lowest BCUT2D eigenvalue weighted by Gasteiger charge is -2.24. The van der Waals surface area contributed by atoms with Crippen molar-refractivity contribution in [3.05, 3.63) is 27.2 Å². The summed E-state index contributed by atoms with van der Waals surface area (Å²) in [6.45, 7) is 9.38. The molecule has 1 aromatic carbocycles. The van der Waals surface area contributed by atoms with Crippen LogP contribution in [0.3, 0.4) is 0 Å². The molecule has 2 rings (SSSR count). The van der Waals surface area contributed by atoms with Crippen molar-refractivity contribution in [3.63, 3.8) is 0 Å². The highest BCUT2D eigenvalue weighted by Crippen LogP contribution is 2.34. The van der Waals surface area contributed by atoms with Crippen LogP contribution in [0.5, 0.6) is 0 Å². The minimum Gasteiger partial charge on any atom is -0.444 e. The molecule has 1 unspecified atom stereocenters. The molecule has 1 aliphatic heterocycles. The van der Waals surface area contributed by atoms with Gasteiger partial charge in [-0.25, -0.2) is 4.79 Å². The number of ether oxygens (including phenoxy) is 1. The first-order valence-corrected chi connectivity index (χ1v) is 9.09. The number of anilines is 1. The number of carbonyl (C=O) groups is 1. The van der Waals surface area contributed by atoms with Crippen molar-refractivity contribution >= 4 is 39.3 Å². The predicted octanol–water partition coefficient (Wildman–Crippen LogP) is 4.77. The highest BCUT2D eigenvalue weighted by Gasteiger charge is 2.27. The Balaban J connectivity index is 2.05. The van der Waals surface area contributed by atoms with Crippen LogP contribution >= 0.6 is 27.5 Å². The lowest BCUT2D eigenvalue weighted by molar-refractivity contribution is 0.0509. The van der Waals surface area contributed by atoms with Crippen LogP contribution in [-0.4, -0.2) is 30.8 Å². The molecule has 4 nitrogen and oxygen atoms in total. The number of carbonyl (C=O) groups excluding carboxylic acids is 1. The smallest absolute Gasteiger partial charge is 0.407 e. The van der Waals surface area contributed by atoms with Gasteiger partial charge in [-0.05, 0) is 51.3 Å². The summed E-state index contributed by atoms with van der Waals surface area (Å²) in [5, 5.41) is 3.67. The van der Waals surface area contributed by atoms with E-state index in [0.717, 1.165) is 36.1 Å². The second-order valence-corrected chi connectivity index (χ2v) is 8.11. The molecule has 1 aliphatic rings. The fourth-order valence-corrected chi connectivity index (χ4v) is 3.87. The second kappa shape index (κ2) is 7.31. The van der Waals surface area contributed by atoms with Crippen molar-refractivity contribution in [2.75, 3.05) is 18.0 Å². The molecule has 0 bridgehead atoms. The van der Waals surface area contributed by atoms with Gasteiger partial charge in [-0.3, -0.25) is 0 Å². The van der Waals surface area contributed by atoms with Gasteiger partial charge < -0.3 is 15.0 Å². The first kappa shape index (κ1) is 18.4. The molecule has 1 aromatic rings. The van der Waals surface area contributed by atoms with Crippen LogP contribution in [0.2, 0.25) is 5.02 Å². The third-order valence-electron chi connectivity index (χ3n) is 3.74. The van der Waals surface area contributed by atoms with E-state index >= 15 is 0 Å². The summed E-state index contributed by atoms with van der Waals surface area (Å²) in [6, 6.07) is 4.02. The molecule has 1 saturated heterocycles. The number of benzene rings is 1. The van der Waals surface area contributed by atoms with E-state index in [1.165, 1.54) is 5.56 Å². The first-order chi connectivity index (χ1) is 10.7. The van der Waals surface area contributed by atoms with Gasteiger partial charge in [0.2, 0.25) is 0 Å². The third kappa shape index (κ3) is 5.01. The standard InChI is InChI=1S/C17H24BrClN2O2/c1-5-13-14(18)8-11(19)9-15(13)21-7-6-12(10-21)20-16(22)23-17(2,3)4/h8-9,12H,5-7,10H2,1-4H3,(H,20,22). The molecule has 6 heteroatoms. The van der Waals surface area contributed by atoms with Gasteiger partial charge >= 0.3 is 6.09 Å². The van der Waals surface area contributed by atoms with Gasteiger partial charge in [0, 0.05) is 28.3 Å². The molecule has 0 saturated carbocycles. The molecular formula is C17H24BrClN2O2. The molecule has 0 aliphatic carbocycles. The Morgan fingerprint density at radius 1 is 1.48 bits per heavy atom. The average Bonchev–Trinajstić information content (AvgIpc) is 2.83. The Morgan fingerprint density at radius 3 is 2.78 bits per heavy atom. The zero-order valence-corrected chi connectivity index (χ0v) is 16.4. The average molecular weight is 404 g/mol. The van der Waals surface area contributed by atoms with E-state index in [1.54, 1.807) is 0 Å². The molecule has 0 radical (unpaired) electrons. The first-order valence-electron chi connectivity index (χ1n) is 7.92. The topological polar surface area (TPSA) is 41.6 Å². The lowest BCUT2D eigenvalue weighted by atomic mass is 10.1. The zero-order valence-electron chi connectivity index (χ0n) is 14.1. The van der Waals surface area contributed by atoms with Gasteiger partial charge in [-0.1, -0.05) is 34.5 Å². The number of nitrogens with one attached hydrogen (secondary N) is 1. The quantitative estimate of drug-likeness (QED) is 0.790.